The summed E-state index contributed by atoms with van der Waals surface area (Å²) in [7, 11) is 0. The van der Waals surface area contributed by atoms with Crippen LogP contribution in [-0.2, 0) is 4.74 Å². The minimum absolute atomic E-state index is 0.123. The third-order valence-corrected chi connectivity index (χ3v) is 5.47. The predicted octanol–water partition coefficient (Wildman–Crippen LogP) is 2.66. The highest BCUT2D eigenvalue weighted by atomic mass is 16.6. The zero-order chi connectivity index (χ0) is 16.6. The number of rotatable bonds is 4. The Bertz CT molecular complexity index is 594. The highest BCUT2D eigenvalue weighted by Gasteiger charge is 2.56. The van der Waals surface area contributed by atoms with Crippen molar-refractivity contribution in [1.29, 1.82) is 0 Å². The largest absolute Gasteiger partial charge is 0.392 e. The van der Waals surface area contributed by atoms with Crippen LogP contribution in [0.2, 0.25) is 0 Å². The van der Waals surface area contributed by atoms with Crippen LogP contribution in [-0.4, -0.2) is 41.9 Å². The molecule has 6 nitrogen and oxygen atoms in total. The highest BCUT2D eigenvalue weighted by molar-refractivity contribution is 5.64. The quantitative estimate of drug-likeness (QED) is 0.682. The van der Waals surface area contributed by atoms with Crippen molar-refractivity contribution in [3.05, 3.63) is 33.9 Å². The third-order valence-electron chi connectivity index (χ3n) is 5.47. The smallest absolute Gasteiger partial charge is 0.292 e. The number of hydrogen-bond donors (Lipinski definition) is 1. The molecule has 1 aromatic carbocycles. The molecule has 1 aliphatic carbocycles. The topological polar surface area (TPSA) is 75.8 Å². The Morgan fingerprint density at radius 1 is 1.43 bits per heavy atom. The van der Waals surface area contributed by atoms with Crippen LogP contribution in [0.1, 0.15) is 31.7 Å². The summed E-state index contributed by atoms with van der Waals surface area (Å²) in [6.07, 6.45) is 2.14. The Kier molecular flexibility index (Phi) is 4.29. The molecule has 126 valence electrons. The van der Waals surface area contributed by atoms with Gasteiger partial charge in [-0.2, -0.15) is 0 Å². The first-order valence-electron chi connectivity index (χ1n) is 8.27. The van der Waals surface area contributed by atoms with Crippen LogP contribution in [0.25, 0.3) is 0 Å². The SMILES string of the molecule is CCO[C@H]1C[C@H](O)C12CCN(c1ccc(C)cc1[N+](=O)[O-])CC2. The Labute approximate surface area is 136 Å². The molecule has 0 amide bonds. The van der Waals surface area contributed by atoms with Gasteiger partial charge in [-0.05, 0) is 38.3 Å². The monoisotopic (exact) mass is 320 g/mol. The fraction of sp³-hybridized carbons (Fsp3) is 0.647. The van der Waals surface area contributed by atoms with E-state index in [4.69, 9.17) is 4.74 Å². The van der Waals surface area contributed by atoms with E-state index in [0.717, 1.165) is 18.4 Å². The number of ether oxygens (including phenoxy) is 1. The maximum Gasteiger partial charge on any atom is 0.292 e. The number of aliphatic hydroxyl groups is 1. The molecule has 1 saturated carbocycles. The summed E-state index contributed by atoms with van der Waals surface area (Å²) in [5.41, 5.74) is 1.57. The number of aliphatic hydroxyl groups excluding tert-OH is 1. The minimum atomic E-state index is -0.312. The van der Waals surface area contributed by atoms with Crippen LogP contribution in [0.5, 0.6) is 0 Å². The van der Waals surface area contributed by atoms with E-state index in [0.29, 0.717) is 31.8 Å². The minimum Gasteiger partial charge on any atom is -0.392 e. The summed E-state index contributed by atoms with van der Waals surface area (Å²) >= 11 is 0. The maximum absolute atomic E-state index is 11.3. The molecular formula is C17H24N2O4. The van der Waals surface area contributed by atoms with Crippen LogP contribution in [0, 0.1) is 22.5 Å². The maximum atomic E-state index is 11.3. The second-order valence-corrected chi connectivity index (χ2v) is 6.66. The summed E-state index contributed by atoms with van der Waals surface area (Å²) < 4.78 is 5.77. The summed E-state index contributed by atoms with van der Waals surface area (Å²) in [4.78, 5) is 13.1. The molecule has 6 heteroatoms. The van der Waals surface area contributed by atoms with Crippen molar-refractivity contribution < 1.29 is 14.8 Å². The summed E-state index contributed by atoms with van der Waals surface area (Å²) in [5, 5.41) is 21.6. The molecular weight excluding hydrogens is 296 g/mol. The molecule has 1 aromatic rings. The fourth-order valence-corrected chi connectivity index (χ4v) is 4.03. The standard InChI is InChI=1S/C17H24N2O4/c1-3-23-16-11-15(20)17(16)6-8-18(9-7-17)13-5-4-12(2)10-14(13)19(21)22/h4-5,10,15-16,20H,3,6-9,11H2,1-2H3/t15-,16-/m0/s1. The molecule has 3 rings (SSSR count). The second kappa shape index (κ2) is 6.09. The summed E-state index contributed by atoms with van der Waals surface area (Å²) in [6.45, 7) is 5.92. The van der Waals surface area contributed by atoms with Crippen molar-refractivity contribution in [2.24, 2.45) is 5.41 Å². The van der Waals surface area contributed by atoms with Crippen molar-refractivity contribution in [2.45, 2.75) is 45.3 Å². The zero-order valence-corrected chi connectivity index (χ0v) is 13.7. The average molecular weight is 320 g/mol. The number of nitro groups is 1. The number of nitrogens with zero attached hydrogens (tertiary/aromatic N) is 2. The number of benzene rings is 1. The van der Waals surface area contributed by atoms with Crippen molar-refractivity contribution in [2.75, 3.05) is 24.6 Å². The van der Waals surface area contributed by atoms with Gasteiger partial charge in [0, 0.05) is 37.6 Å². The molecule has 1 spiro atoms. The van der Waals surface area contributed by atoms with Crippen LogP contribution in [0.15, 0.2) is 18.2 Å². The molecule has 2 aliphatic rings. The van der Waals surface area contributed by atoms with Gasteiger partial charge in [-0.3, -0.25) is 10.1 Å². The Hall–Kier alpha value is -1.66. The van der Waals surface area contributed by atoms with Gasteiger partial charge in [0.2, 0.25) is 0 Å². The molecule has 0 bridgehead atoms. The van der Waals surface area contributed by atoms with E-state index in [1.54, 1.807) is 6.07 Å². The predicted molar refractivity (Wildman–Crippen MR) is 87.8 cm³/mol. The highest BCUT2D eigenvalue weighted by Crippen LogP contribution is 2.51. The first kappa shape index (κ1) is 16.2. The van der Waals surface area contributed by atoms with Gasteiger partial charge >= 0.3 is 0 Å². The number of hydrogen-bond acceptors (Lipinski definition) is 5. The molecule has 1 N–H and O–H groups in total. The lowest BCUT2D eigenvalue weighted by atomic mass is 9.58. The number of piperidine rings is 1. The van der Waals surface area contributed by atoms with Crippen LogP contribution < -0.4 is 4.90 Å². The van der Waals surface area contributed by atoms with Gasteiger partial charge in [0.15, 0.2) is 0 Å². The third kappa shape index (κ3) is 2.70. The first-order chi connectivity index (χ1) is 11.0. The Morgan fingerprint density at radius 2 is 2.13 bits per heavy atom. The van der Waals surface area contributed by atoms with E-state index < -0.39 is 0 Å². The van der Waals surface area contributed by atoms with Crippen LogP contribution >= 0.6 is 0 Å². The fourth-order valence-electron chi connectivity index (χ4n) is 4.03. The molecule has 1 heterocycles. The van der Waals surface area contributed by atoms with E-state index in [1.807, 2.05) is 26.0 Å². The van der Waals surface area contributed by atoms with Crippen molar-refractivity contribution in [3.63, 3.8) is 0 Å². The van der Waals surface area contributed by atoms with Crippen molar-refractivity contribution >= 4 is 11.4 Å². The Morgan fingerprint density at radius 3 is 2.70 bits per heavy atom. The van der Waals surface area contributed by atoms with Crippen LogP contribution in [0.4, 0.5) is 11.4 Å². The van der Waals surface area contributed by atoms with Gasteiger partial charge in [0.25, 0.3) is 5.69 Å². The molecule has 23 heavy (non-hydrogen) atoms. The molecule has 2 fully saturated rings. The summed E-state index contributed by atoms with van der Waals surface area (Å²) in [5.74, 6) is 0. The molecule has 1 aliphatic heterocycles. The van der Waals surface area contributed by atoms with Gasteiger partial charge in [-0.1, -0.05) is 6.07 Å². The Balaban J connectivity index is 1.76. The molecule has 1 saturated heterocycles. The normalized spacial score (nSPS) is 26.1. The van der Waals surface area contributed by atoms with Gasteiger partial charge in [0.1, 0.15) is 5.69 Å². The van der Waals surface area contributed by atoms with E-state index in [1.165, 1.54) is 0 Å². The zero-order valence-electron chi connectivity index (χ0n) is 13.7. The van der Waals surface area contributed by atoms with Gasteiger partial charge < -0.3 is 14.7 Å². The molecule has 0 unspecified atom stereocenters. The number of nitro benzene ring substituents is 1. The van der Waals surface area contributed by atoms with E-state index in [-0.39, 0.29) is 28.2 Å². The van der Waals surface area contributed by atoms with E-state index in [2.05, 4.69) is 4.90 Å². The van der Waals surface area contributed by atoms with Crippen molar-refractivity contribution in [1.82, 2.24) is 0 Å². The molecule has 0 radical (unpaired) electrons. The number of anilines is 1. The summed E-state index contributed by atoms with van der Waals surface area (Å²) in [6, 6.07) is 5.37. The van der Waals surface area contributed by atoms with Gasteiger partial charge in [-0.15, -0.1) is 0 Å². The molecule has 2 atom stereocenters. The second-order valence-electron chi connectivity index (χ2n) is 6.66. The van der Waals surface area contributed by atoms with Gasteiger partial charge in [-0.25, -0.2) is 0 Å². The molecule has 0 aromatic heterocycles. The lowest BCUT2D eigenvalue weighted by Gasteiger charge is -2.56. The van der Waals surface area contributed by atoms with Gasteiger partial charge in [0.05, 0.1) is 17.1 Å². The van der Waals surface area contributed by atoms with E-state index >= 15 is 0 Å². The van der Waals surface area contributed by atoms with E-state index in [9.17, 15) is 15.2 Å². The number of aryl methyl sites for hydroxylation is 1. The lowest BCUT2D eigenvalue weighted by molar-refractivity contribution is -0.384. The average Bonchev–Trinajstić information content (AvgIpc) is 2.55. The first-order valence-corrected chi connectivity index (χ1v) is 8.27. The lowest BCUT2D eigenvalue weighted by Crippen LogP contribution is -2.62. The van der Waals surface area contributed by atoms with Crippen molar-refractivity contribution in [3.8, 4) is 0 Å². The van der Waals surface area contributed by atoms with Crippen LogP contribution in [0.3, 0.4) is 0 Å².